The van der Waals surface area contributed by atoms with Crippen LogP contribution >= 0.6 is 0 Å². The summed E-state index contributed by atoms with van der Waals surface area (Å²) in [5.74, 6) is 1.88. The van der Waals surface area contributed by atoms with Gasteiger partial charge < -0.3 is 10.2 Å². The second kappa shape index (κ2) is 6.52. The lowest BCUT2D eigenvalue weighted by Gasteiger charge is -2.35. The van der Waals surface area contributed by atoms with Gasteiger partial charge in [-0.05, 0) is 68.6 Å². The molecule has 2 unspecified atom stereocenters. The Bertz CT molecular complexity index is 604. The minimum absolute atomic E-state index is 0.205. The van der Waals surface area contributed by atoms with E-state index in [9.17, 15) is 10.2 Å². The summed E-state index contributed by atoms with van der Waals surface area (Å²) < 4.78 is 0. The molecule has 1 aromatic rings. The van der Waals surface area contributed by atoms with Crippen LogP contribution in [0.15, 0.2) is 48.1 Å². The van der Waals surface area contributed by atoms with E-state index in [2.05, 4.69) is 19.1 Å². The van der Waals surface area contributed by atoms with Gasteiger partial charge in [0.1, 0.15) is 5.75 Å². The van der Waals surface area contributed by atoms with Crippen LogP contribution in [0.25, 0.3) is 0 Å². The highest BCUT2D eigenvalue weighted by atomic mass is 16.3. The van der Waals surface area contributed by atoms with Crippen LogP contribution in [-0.4, -0.2) is 15.8 Å². The zero-order valence-corrected chi connectivity index (χ0v) is 14.2. The maximum absolute atomic E-state index is 10.4. The van der Waals surface area contributed by atoms with Gasteiger partial charge in [-0.1, -0.05) is 42.9 Å². The van der Waals surface area contributed by atoms with E-state index in [0.717, 1.165) is 12.3 Å². The van der Waals surface area contributed by atoms with E-state index >= 15 is 0 Å². The summed E-state index contributed by atoms with van der Waals surface area (Å²) in [5.41, 5.74) is 1.96. The van der Waals surface area contributed by atoms with Crippen molar-refractivity contribution in [3.63, 3.8) is 0 Å². The number of aliphatic hydroxyl groups is 1. The first-order chi connectivity index (χ1) is 11.0. The van der Waals surface area contributed by atoms with Crippen LogP contribution in [0.2, 0.25) is 0 Å². The maximum atomic E-state index is 10.4. The second-order valence-corrected chi connectivity index (χ2v) is 7.56. The van der Waals surface area contributed by atoms with Gasteiger partial charge in [0.15, 0.2) is 0 Å². The van der Waals surface area contributed by atoms with Crippen molar-refractivity contribution in [2.24, 2.45) is 11.8 Å². The standard InChI is InChI=1S/C21H28O2/c1-15-18(6-4-12-21(15,2)23)13-16-8-10-17(11-9-16)19-5-3-7-20(22)14-19/h3-7,12,14-17,22-23H,8-11,13H2,1-2H3. The highest BCUT2D eigenvalue weighted by Crippen LogP contribution is 2.41. The van der Waals surface area contributed by atoms with Crippen LogP contribution in [0, 0.1) is 11.8 Å². The Balaban J connectivity index is 1.58. The molecule has 0 aromatic heterocycles. The molecule has 23 heavy (non-hydrogen) atoms. The first-order valence-electron chi connectivity index (χ1n) is 8.85. The van der Waals surface area contributed by atoms with Crippen molar-refractivity contribution in [3.8, 4) is 5.75 Å². The third kappa shape index (κ3) is 3.69. The summed E-state index contributed by atoms with van der Waals surface area (Å²) in [7, 11) is 0. The van der Waals surface area contributed by atoms with E-state index in [1.165, 1.54) is 36.8 Å². The molecule has 0 aliphatic heterocycles. The fourth-order valence-electron chi connectivity index (χ4n) is 4.09. The molecule has 1 aromatic carbocycles. The number of hydrogen-bond donors (Lipinski definition) is 2. The molecule has 2 heteroatoms. The van der Waals surface area contributed by atoms with Crippen molar-refractivity contribution < 1.29 is 10.2 Å². The molecule has 1 fully saturated rings. The summed E-state index contributed by atoms with van der Waals surface area (Å²) in [4.78, 5) is 0. The normalized spacial score (nSPS) is 34.2. The largest absolute Gasteiger partial charge is 0.508 e. The Morgan fingerprint density at radius 1 is 1.17 bits per heavy atom. The zero-order valence-electron chi connectivity index (χ0n) is 14.2. The molecule has 0 saturated heterocycles. The topological polar surface area (TPSA) is 40.5 Å². The summed E-state index contributed by atoms with van der Waals surface area (Å²) in [5, 5.41) is 20.1. The number of phenols is 1. The lowest BCUT2D eigenvalue weighted by molar-refractivity contribution is 0.0651. The molecule has 2 aliphatic carbocycles. The monoisotopic (exact) mass is 312 g/mol. The summed E-state index contributed by atoms with van der Waals surface area (Å²) >= 11 is 0. The van der Waals surface area contributed by atoms with Gasteiger partial charge in [-0.2, -0.15) is 0 Å². The lowest BCUT2D eigenvalue weighted by atomic mass is 9.72. The van der Waals surface area contributed by atoms with Crippen molar-refractivity contribution in [1.29, 1.82) is 0 Å². The molecular weight excluding hydrogens is 284 g/mol. The molecule has 2 N–H and O–H groups in total. The Hall–Kier alpha value is -1.54. The summed E-state index contributed by atoms with van der Waals surface area (Å²) in [6.07, 6.45) is 12.1. The smallest absolute Gasteiger partial charge is 0.115 e. The zero-order chi connectivity index (χ0) is 16.4. The summed E-state index contributed by atoms with van der Waals surface area (Å²) in [6, 6.07) is 7.74. The van der Waals surface area contributed by atoms with E-state index in [-0.39, 0.29) is 5.92 Å². The number of rotatable bonds is 3. The van der Waals surface area contributed by atoms with Crippen molar-refractivity contribution in [3.05, 3.63) is 53.6 Å². The highest BCUT2D eigenvalue weighted by Gasteiger charge is 2.32. The molecule has 2 nitrogen and oxygen atoms in total. The van der Waals surface area contributed by atoms with Gasteiger partial charge in [0.2, 0.25) is 0 Å². The Morgan fingerprint density at radius 3 is 2.61 bits per heavy atom. The number of phenolic OH excluding ortho intramolecular Hbond substituents is 1. The fourth-order valence-corrected chi connectivity index (χ4v) is 4.09. The molecule has 0 spiro atoms. The molecule has 0 heterocycles. The predicted molar refractivity (Wildman–Crippen MR) is 94.4 cm³/mol. The van der Waals surface area contributed by atoms with Crippen LogP contribution in [-0.2, 0) is 0 Å². The third-order valence-corrected chi connectivity index (χ3v) is 5.89. The van der Waals surface area contributed by atoms with Crippen LogP contribution < -0.4 is 0 Å². The van der Waals surface area contributed by atoms with Crippen LogP contribution in [0.1, 0.15) is 57.4 Å². The maximum Gasteiger partial charge on any atom is 0.115 e. The van der Waals surface area contributed by atoms with Crippen LogP contribution in [0.5, 0.6) is 5.75 Å². The summed E-state index contributed by atoms with van der Waals surface area (Å²) in [6.45, 7) is 4.04. The SMILES string of the molecule is CC1C(CC2CCC(c3cccc(O)c3)CC2)=CC=CC1(C)O. The number of allylic oxidation sites excluding steroid dienone is 2. The first-order valence-corrected chi connectivity index (χ1v) is 8.85. The van der Waals surface area contributed by atoms with E-state index in [4.69, 9.17) is 0 Å². The number of benzene rings is 1. The van der Waals surface area contributed by atoms with Gasteiger partial charge >= 0.3 is 0 Å². The highest BCUT2D eigenvalue weighted by molar-refractivity contribution is 5.30. The molecule has 3 rings (SSSR count). The van der Waals surface area contributed by atoms with E-state index < -0.39 is 5.60 Å². The molecule has 124 valence electrons. The minimum atomic E-state index is -0.706. The number of hydrogen-bond acceptors (Lipinski definition) is 2. The van der Waals surface area contributed by atoms with Crippen LogP contribution in [0.3, 0.4) is 0 Å². The lowest BCUT2D eigenvalue weighted by Crippen LogP contribution is -2.33. The van der Waals surface area contributed by atoms with Gasteiger partial charge in [0.05, 0.1) is 5.60 Å². The molecule has 2 atom stereocenters. The Morgan fingerprint density at radius 2 is 1.91 bits per heavy atom. The van der Waals surface area contributed by atoms with Gasteiger partial charge in [-0.3, -0.25) is 0 Å². The van der Waals surface area contributed by atoms with Gasteiger partial charge in [-0.15, -0.1) is 0 Å². The quantitative estimate of drug-likeness (QED) is 0.830. The average molecular weight is 312 g/mol. The van der Waals surface area contributed by atoms with E-state index in [0.29, 0.717) is 11.7 Å². The van der Waals surface area contributed by atoms with Crippen LogP contribution in [0.4, 0.5) is 0 Å². The van der Waals surface area contributed by atoms with Crippen molar-refractivity contribution in [2.75, 3.05) is 0 Å². The predicted octanol–water partition coefficient (Wildman–Crippen LogP) is 4.94. The molecule has 0 radical (unpaired) electrons. The molecule has 0 bridgehead atoms. The van der Waals surface area contributed by atoms with Crippen molar-refractivity contribution >= 4 is 0 Å². The fraction of sp³-hybridized carbons (Fsp3) is 0.524. The molecule has 1 saturated carbocycles. The Kier molecular flexibility index (Phi) is 4.63. The van der Waals surface area contributed by atoms with E-state index in [1.54, 1.807) is 6.07 Å². The van der Waals surface area contributed by atoms with Gasteiger partial charge in [-0.25, -0.2) is 0 Å². The van der Waals surface area contributed by atoms with Gasteiger partial charge in [0.25, 0.3) is 0 Å². The number of aromatic hydroxyl groups is 1. The van der Waals surface area contributed by atoms with Crippen molar-refractivity contribution in [2.45, 2.75) is 57.5 Å². The minimum Gasteiger partial charge on any atom is -0.508 e. The van der Waals surface area contributed by atoms with E-state index in [1.807, 2.05) is 31.2 Å². The third-order valence-electron chi connectivity index (χ3n) is 5.89. The second-order valence-electron chi connectivity index (χ2n) is 7.56. The average Bonchev–Trinajstić information content (AvgIpc) is 2.52. The molecule has 2 aliphatic rings. The van der Waals surface area contributed by atoms with Gasteiger partial charge in [0, 0.05) is 5.92 Å². The molecular formula is C21H28O2. The Labute approximate surface area is 139 Å². The molecule has 0 amide bonds. The first kappa shape index (κ1) is 16.3. The van der Waals surface area contributed by atoms with Crippen molar-refractivity contribution in [1.82, 2.24) is 0 Å².